The van der Waals surface area contributed by atoms with Crippen LogP contribution in [0.5, 0.6) is 5.75 Å². The van der Waals surface area contributed by atoms with Gasteiger partial charge in [0.1, 0.15) is 11.5 Å². The molecular formula is C24H26N2O4. The normalized spacial score (nSPS) is 11.5. The molecule has 2 N–H and O–H groups in total. The highest BCUT2D eigenvalue weighted by Crippen LogP contribution is 2.21. The number of ether oxygens (including phenoxy) is 1. The van der Waals surface area contributed by atoms with Gasteiger partial charge >= 0.3 is 0 Å². The molecule has 0 aliphatic rings. The SMILES string of the molecule is CC[C@@H](C)c1ccc(OCC(=O)Nc2ccccc2C(=O)NCc2ccco2)cc1. The third kappa shape index (κ3) is 5.73. The zero-order chi connectivity index (χ0) is 21.3. The standard InChI is InChI=1S/C24H26N2O4/c1-3-17(2)18-10-12-19(13-11-18)30-16-23(27)26-22-9-5-4-8-21(22)24(28)25-15-20-7-6-14-29-20/h4-14,17H,3,15-16H2,1-2H3,(H,25,28)(H,26,27)/t17-/m1/s1. The van der Waals surface area contributed by atoms with Crippen molar-refractivity contribution in [3.8, 4) is 5.75 Å². The van der Waals surface area contributed by atoms with E-state index in [1.54, 1.807) is 42.7 Å². The minimum atomic E-state index is -0.340. The second-order valence-corrected chi connectivity index (χ2v) is 7.02. The lowest BCUT2D eigenvalue weighted by Crippen LogP contribution is -2.26. The van der Waals surface area contributed by atoms with E-state index < -0.39 is 0 Å². The largest absolute Gasteiger partial charge is 0.484 e. The maximum atomic E-state index is 12.5. The first-order valence-electron chi connectivity index (χ1n) is 9.99. The minimum Gasteiger partial charge on any atom is -0.484 e. The Bertz CT molecular complexity index is 965. The van der Waals surface area contributed by atoms with Gasteiger partial charge in [-0.1, -0.05) is 38.1 Å². The van der Waals surface area contributed by atoms with E-state index in [4.69, 9.17) is 9.15 Å². The number of nitrogens with one attached hydrogen (secondary N) is 2. The number of amides is 2. The molecule has 0 aliphatic heterocycles. The summed E-state index contributed by atoms with van der Waals surface area (Å²) in [5.74, 6) is 1.12. The smallest absolute Gasteiger partial charge is 0.262 e. The van der Waals surface area contributed by atoms with Crippen molar-refractivity contribution in [3.63, 3.8) is 0 Å². The average molecular weight is 406 g/mol. The maximum Gasteiger partial charge on any atom is 0.262 e. The topological polar surface area (TPSA) is 80.6 Å². The van der Waals surface area contributed by atoms with Crippen molar-refractivity contribution in [1.29, 1.82) is 0 Å². The Labute approximate surface area is 176 Å². The lowest BCUT2D eigenvalue weighted by Gasteiger charge is -2.12. The van der Waals surface area contributed by atoms with E-state index >= 15 is 0 Å². The molecule has 3 rings (SSSR count). The Morgan fingerprint density at radius 3 is 2.50 bits per heavy atom. The van der Waals surface area contributed by atoms with E-state index in [0.29, 0.717) is 28.7 Å². The van der Waals surface area contributed by atoms with Gasteiger partial charge in [0.25, 0.3) is 11.8 Å². The van der Waals surface area contributed by atoms with Crippen molar-refractivity contribution in [1.82, 2.24) is 5.32 Å². The number of hydrogen-bond acceptors (Lipinski definition) is 4. The molecule has 0 spiro atoms. The van der Waals surface area contributed by atoms with Crippen LogP contribution in [-0.4, -0.2) is 18.4 Å². The van der Waals surface area contributed by atoms with Crippen LogP contribution in [0.4, 0.5) is 5.69 Å². The van der Waals surface area contributed by atoms with E-state index in [1.165, 1.54) is 5.56 Å². The van der Waals surface area contributed by atoms with Gasteiger partial charge in [-0.25, -0.2) is 0 Å². The van der Waals surface area contributed by atoms with Gasteiger partial charge in [-0.15, -0.1) is 0 Å². The van der Waals surface area contributed by atoms with Crippen LogP contribution in [0.3, 0.4) is 0 Å². The molecule has 1 atom stereocenters. The third-order valence-corrected chi connectivity index (χ3v) is 4.88. The second-order valence-electron chi connectivity index (χ2n) is 7.02. The molecule has 1 aromatic heterocycles. The van der Waals surface area contributed by atoms with Gasteiger partial charge in [-0.2, -0.15) is 0 Å². The van der Waals surface area contributed by atoms with Crippen molar-refractivity contribution in [2.24, 2.45) is 0 Å². The van der Waals surface area contributed by atoms with Crippen molar-refractivity contribution in [2.75, 3.05) is 11.9 Å². The fourth-order valence-electron chi connectivity index (χ4n) is 2.93. The Balaban J connectivity index is 1.55. The molecule has 0 bridgehead atoms. The number of anilines is 1. The monoisotopic (exact) mass is 406 g/mol. The molecule has 2 amide bonds. The van der Waals surface area contributed by atoms with Crippen molar-refractivity contribution < 1.29 is 18.7 Å². The van der Waals surface area contributed by atoms with Crippen LogP contribution in [0.15, 0.2) is 71.3 Å². The van der Waals surface area contributed by atoms with Gasteiger partial charge in [-0.3, -0.25) is 9.59 Å². The van der Waals surface area contributed by atoms with E-state index in [1.807, 2.05) is 24.3 Å². The minimum absolute atomic E-state index is 0.148. The summed E-state index contributed by atoms with van der Waals surface area (Å²) in [6.07, 6.45) is 2.62. The predicted molar refractivity (Wildman–Crippen MR) is 116 cm³/mol. The van der Waals surface area contributed by atoms with Gasteiger partial charge in [0.2, 0.25) is 0 Å². The molecule has 3 aromatic rings. The molecule has 0 radical (unpaired) electrons. The summed E-state index contributed by atoms with van der Waals surface area (Å²) in [4.78, 5) is 24.8. The summed E-state index contributed by atoms with van der Waals surface area (Å²) in [5.41, 5.74) is 2.04. The predicted octanol–water partition coefficient (Wildman–Crippen LogP) is 4.74. The first-order chi connectivity index (χ1) is 14.6. The van der Waals surface area contributed by atoms with Crippen LogP contribution in [0.25, 0.3) is 0 Å². The summed E-state index contributed by atoms with van der Waals surface area (Å²) in [6, 6.07) is 18.1. The second kappa shape index (κ2) is 10.3. The fraction of sp³-hybridized carbons (Fsp3) is 0.250. The van der Waals surface area contributed by atoms with Gasteiger partial charge in [0, 0.05) is 0 Å². The van der Waals surface area contributed by atoms with Crippen LogP contribution >= 0.6 is 0 Å². The highest BCUT2D eigenvalue weighted by atomic mass is 16.5. The average Bonchev–Trinajstić information content (AvgIpc) is 3.30. The number of hydrogen-bond donors (Lipinski definition) is 2. The van der Waals surface area contributed by atoms with E-state index in [9.17, 15) is 9.59 Å². The summed E-state index contributed by atoms with van der Waals surface area (Å²) in [7, 11) is 0. The first-order valence-corrected chi connectivity index (χ1v) is 9.99. The number of furan rings is 1. The Morgan fingerprint density at radius 1 is 1.03 bits per heavy atom. The zero-order valence-electron chi connectivity index (χ0n) is 17.2. The lowest BCUT2D eigenvalue weighted by molar-refractivity contribution is -0.118. The molecule has 2 aromatic carbocycles. The van der Waals surface area contributed by atoms with Gasteiger partial charge in [0.15, 0.2) is 6.61 Å². The van der Waals surface area contributed by atoms with Gasteiger partial charge in [-0.05, 0) is 54.3 Å². The van der Waals surface area contributed by atoms with Gasteiger partial charge < -0.3 is 19.8 Å². The van der Waals surface area contributed by atoms with Crippen LogP contribution < -0.4 is 15.4 Å². The zero-order valence-corrected chi connectivity index (χ0v) is 17.2. The van der Waals surface area contributed by atoms with Crippen LogP contribution in [0, 0.1) is 0 Å². The highest BCUT2D eigenvalue weighted by Gasteiger charge is 2.14. The summed E-state index contributed by atoms with van der Waals surface area (Å²) < 4.78 is 10.8. The lowest BCUT2D eigenvalue weighted by atomic mass is 9.99. The number of rotatable bonds is 9. The number of para-hydroxylation sites is 1. The van der Waals surface area contributed by atoms with Crippen LogP contribution in [-0.2, 0) is 11.3 Å². The summed E-state index contributed by atoms with van der Waals surface area (Å²) in [6.45, 7) is 4.44. The Kier molecular flexibility index (Phi) is 7.27. The van der Waals surface area contributed by atoms with E-state index in [2.05, 4.69) is 24.5 Å². The number of benzene rings is 2. The Morgan fingerprint density at radius 2 is 1.80 bits per heavy atom. The molecule has 0 aliphatic carbocycles. The van der Waals surface area contributed by atoms with E-state index in [0.717, 1.165) is 6.42 Å². The summed E-state index contributed by atoms with van der Waals surface area (Å²) in [5, 5.41) is 5.52. The molecule has 30 heavy (non-hydrogen) atoms. The van der Waals surface area contributed by atoms with Crippen molar-refractivity contribution in [3.05, 3.63) is 83.8 Å². The molecule has 6 heteroatoms. The Hall–Kier alpha value is -3.54. The number of carbonyl (C=O) groups is 2. The molecule has 0 saturated heterocycles. The molecule has 1 heterocycles. The number of carbonyl (C=O) groups excluding carboxylic acids is 2. The maximum absolute atomic E-state index is 12.5. The molecule has 0 fully saturated rings. The van der Waals surface area contributed by atoms with Crippen molar-refractivity contribution in [2.45, 2.75) is 32.7 Å². The summed E-state index contributed by atoms with van der Waals surface area (Å²) >= 11 is 0. The molecule has 0 saturated carbocycles. The molecule has 156 valence electrons. The van der Waals surface area contributed by atoms with Crippen LogP contribution in [0.1, 0.15) is 47.9 Å². The highest BCUT2D eigenvalue weighted by molar-refractivity contribution is 6.03. The van der Waals surface area contributed by atoms with Crippen LogP contribution in [0.2, 0.25) is 0 Å². The molecular weight excluding hydrogens is 380 g/mol. The first kappa shape index (κ1) is 21.2. The van der Waals surface area contributed by atoms with E-state index in [-0.39, 0.29) is 25.0 Å². The third-order valence-electron chi connectivity index (χ3n) is 4.88. The molecule has 6 nitrogen and oxygen atoms in total. The van der Waals surface area contributed by atoms with Gasteiger partial charge in [0.05, 0.1) is 24.1 Å². The quantitative estimate of drug-likeness (QED) is 0.538. The fourth-order valence-corrected chi connectivity index (χ4v) is 2.93. The van der Waals surface area contributed by atoms with Crippen molar-refractivity contribution >= 4 is 17.5 Å². The molecule has 0 unspecified atom stereocenters.